The molecule has 0 aromatic heterocycles. The van der Waals surface area contributed by atoms with Crippen LogP contribution in [0.25, 0.3) is 0 Å². The molecule has 0 spiro atoms. The number of aliphatic hydroxyl groups is 1. The molecule has 16 heavy (non-hydrogen) atoms. The van der Waals surface area contributed by atoms with E-state index in [4.69, 9.17) is 16.7 Å². The summed E-state index contributed by atoms with van der Waals surface area (Å²) in [5, 5.41) is 21.1. The van der Waals surface area contributed by atoms with E-state index in [1.807, 2.05) is 22.6 Å². The highest BCUT2D eigenvalue weighted by Crippen LogP contribution is 2.18. The van der Waals surface area contributed by atoms with E-state index in [1.165, 1.54) is 0 Å². The van der Waals surface area contributed by atoms with Crippen molar-refractivity contribution in [2.75, 3.05) is 17.7 Å². The number of hydrogen-bond donors (Lipinski definition) is 3. The molecule has 0 aliphatic rings. The molecule has 0 aliphatic carbocycles. The number of anilines is 1. The molecule has 0 saturated heterocycles. The molecule has 6 heteroatoms. The molecule has 0 heterocycles. The second-order valence-corrected chi connectivity index (χ2v) is 4.74. The lowest BCUT2D eigenvalue weighted by molar-refractivity contribution is 0.0697. The van der Waals surface area contributed by atoms with Crippen molar-refractivity contribution in [3.8, 4) is 0 Å². The quantitative estimate of drug-likeness (QED) is 0.558. The molecule has 0 bridgehead atoms. The summed E-state index contributed by atoms with van der Waals surface area (Å²) in [5.74, 6) is -0.888. The Morgan fingerprint density at radius 3 is 2.81 bits per heavy atom. The molecule has 3 N–H and O–H groups in total. The predicted octanol–water partition coefficient (Wildman–Crippen LogP) is 2.00. The fraction of sp³-hybridized carbons (Fsp3) is 0.300. The van der Waals surface area contributed by atoms with Crippen LogP contribution >= 0.6 is 34.2 Å². The number of alkyl halides is 1. The van der Waals surface area contributed by atoms with Crippen LogP contribution in [0.2, 0.25) is 0 Å². The van der Waals surface area contributed by atoms with Crippen LogP contribution in [0.15, 0.2) is 18.2 Å². The molecule has 0 radical (unpaired) electrons. The largest absolute Gasteiger partial charge is 0.478 e. The molecule has 0 saturated carbocycles. The van der Waals surface area contributed by atoms with Gasteiger partial charge in [-0.2, -0.15) is 0 Å². The maximum Gasteiger partial charge on any atom is 0.337 e. The van der Waals surface area contributed by atoms with E-state index in [0.717, 1.165) is 3.57 Å². The number of rotatable bonds is 5. The van der Waals surface area contributed by atoms with Gasteiger partial charge in [-0.05, 0) is 40.8 Å². The van der Waals surface area contributed by atoms with Gasteiger partial charge < -0.3 is 15.5 Å². The minimum absolute atomic E-state index is 0.111. The van der Waals surface area contributed by atoms with Gasteiger partial charge >= 0.3 is 5.97 Å². The lowest BCUT2D eigenvalue weighted by atomic mass is 10.2. The normalized spacial score (nSPS) is 12.2. The Balaban J connectivity index is 2.82. The standard InChI is InChI=1S/C10H11ClINO3/c11-4-7(14)5-13-9-2-1-6(12)3-8(9)10(15)16/h1-3,7,13-14H,4-5H2,(H,15,16). The molecule has 88 valence electrons. The topological polar surface area (TPSA) is 69.6 Å². The van der Waals surface area contributed by atoms with Gasteiger partial charge in [0.15, 0.2) is 0 Å². The summed E-state index contributed by atoms with van der Waals surface area (Å²) in [6, 6.07) is 5.03. The Kier molecular flexibility index (Phi) is 5.30. The first-order valence-corrected chi connectivity index (χ1v) is 6.16. The average Bonchev–Trinajstić information content (AvgIpc) is 2.26. The molecule has 0 aliphatic heterocycles. The van der Waals surface area contributed by atoms with Gasteiger partial charge in [-0.1, -0.05) is 0 Å². The lowest BCUT2D eigenvalue weighted by Gasteiger charge is -2.12. The maximum absolute atomic E-state index is 11.0. The van der Waals surface area contributed by atoms with E-state index in [-0.39, 0.29) is 18.0 Å². The van der Waals surface area contributed by atoms with Gasteiger partial charge in [0.25, 0.3) is 0 Å². The SMILES string of the molecule is O=C(O)c1cc(I)ccc1NCC(O)CCl. The zero-order chi connectivity index (χ0) is 12.1. The molecular formula is C10H11ClINO3. The monoisotopic (exact) mass is 355 g/mol. The highest BCUT2D eigenvalue weighted by Gasteiger charge is 2.11. The second-order valence-electron chi connectivity index (χ2n) is 3.18. The highest BCUT2D eigenvalue weighted by molar-refractivity contribution is 14.1. The molecule has 1 aromatic carbocycles. The zero-order valence-electron chi connectivity index (χ0n) is 8.28. The van der Waals surface area contributed by atoms with E-state index < -0.39 is 12.1 Å². The Bertz CT molecular complexity index is 386. The number of nitrogens with one attached hydrogen (secondary N) is 1. The molecular weight excluding hydrogens is 344 g/mol. The summed E-state index contributed by atoms with van der Waals surface area (Å²) in [6.07, 6.45) is -0.692. The molecule has 1 unspecified atom stereocenters. The summed E-state index contributed by atoms with van der Waals surface area (Å²) in [4.78, 5) is 11.0. The van der Waals surface area contributed by atoms with Gasteiger partial charge in [0.2, 0.25) is 0 Å². The van der Waals surface area contributed by atoms with Crippen molar-refractivity contribution in [3.63, 3.8) is 0 Å². The minimum Gasteiger partial charge on any atom is -0.478 e. The Hall–Kier alpha value is -0.530. The fourth-order valence-corrected chi connectivity index (χ4v) is 1.73. The Morgan fingerprint density at radius 2 is 2.25 bits per heavy atom. The third kappa shape index (κ3) is 3.80. The van der Waals surface area contributed by atoms with Crippen molar-refractivity contribution in [2.24, 2.45) is 0 Å². The van der Waals surface area contributed by atoms with Gasteiger partial charge in [-0.15, -0.1) is 11.6 Å². The van der Waals surface area contributed by atoms with Gasteiger partial charge in [0, 0.05) is 15.8 Å². The van der Waals surface area contributed by atoms with Crippen molar-refractivity contribution in [2.45, 2.75) is 6.10 Å². The summed E-state index contributed by atoms with van der Waals surface area (Å²) in [5.41, 5.74) is 0.672. The third-order valence-electron chi connectivity index (χ3n) is 1.92. The van der Waals surface area contributed by atoms with Gasteiger partial charge in [0.1, 0.15) is 0 Å². The number of aromatic carboxylic acids is 1. The average molecular weight is 356 g/mol. The number of hydrogen-bond acceptors (Lipinski definition) is 3. The van der Waals surface area contributed by atoms with Crippen LogP contribution in [0, 0.1) is 3.57 Å². The Morgan fingerprint density at radius 1 is 1.56 bits per heavy atom. The number of aliphatic hydroxyl groups excluding tert-OH is 1. The number of carboxylic acids is 1. The lowest BCUT2D eigenvalue weighted by Crippen LogP contribution is -2.21. The molecule has 0 fully saturated rings. The number of benzene rings is 1. The van der Waals surface area contributed by atoms with Crippen LogP contribution in [-0.2, 0) is 0 Å². The first kappa shape index (κ1) is 13.5. The molecule has 4 nitrogen and oxygen atoms in total. The molecule has 1 rings (SSSR count). The molecule has 0 amide bonds. The van der Waals surface area contributed by atoms with Crippen LogP contribution in [0.1, 0.15) is 10.4 Å². The maximum atomic E-state index is 11.0. The predicted molar refractivity (Wildman–Crippen MR) is 71.3 cm³/mol. The number of carbonyl (C=O) groups is 1. The van der Waals surface area contributed by atoms with Crippen molar-refractivity contribution in [3.05, 3.63) is 27.3 Å². The second kappa shape index (κ2) is 6.27. The van der Waals surface area contributed by atoms with Crippen molar-refractivity contribution in [1.29, 1.82) is 0 Å². The van der Waals surface area contributed by atoms with E-state index in [1.54, 1.807) is 18.2 Å². The van der Waals surface area contributed by atoms with Crippen LogP contribution in [0.5, 0.6) is 0 Å². The summed E-state index contributed by atoms with van der Waals surface area (Å²) in [7, 11) is 0. The first-order chi connectivity index (χ1) is 7.54. The van der Waals surface area contributed by atoms with E-state index >= 15 is 0 Å². The zero-order valence-corrected chi connectivity index (χ0v) is 11.2. The van der Waals surface area contributed by atoms with E-state index in [0.29, 0.717) is 5.69 Å². The number of halogens is 2. The summed E-state index contributed by atoms with van der Waals surface area (Å²) in [6.45, 7) is 0.227. The molecule has 1 aromatic rings. The number of carboxylic acid groups (broad SMARTS) is 1. The van der Waals surface area contributed by atoms with Crippen LogP contribution in [0.3, 0.4) is 0 Å². The van der Waals surface area contributed by atoms with Crippen molar-refractivity contribution in [1.82, 2.24) is 0 Å². The fourth-order valence-electron chi connectivity index (χ4n) is 1.13. The van der Waals surface area contributed by atoms with Gasteiger partial charge in [0.05, 0.1) is 17.5 Å². The molecule has 1 atom stereocenters. The smallest absolute Gasteiger partial charge is 0.337 e. The summed E-state index contributed by atoms with van der Waals surface area (Å²) >= 11 is 7.48. The van der Waals surface area contributed by atoms with Crippen LogP contribution in [-0.4, -0.2) is 34.7 Å². The Labute approximate surface area is 112 Å². The summed E-state index contributed by atoms with van der Waals surface area (Å²) < 4.78 is 0.846. The van der Waals surface area contributed by atoms with Crippen LogP contribution in [0.4, 0.5) is 5.69 Å². The van der Waals surface area contributed by atoms with Crippen molar-refractivity contribution < 1.29 is 15.0 Å². The van der Waals surface area contributed by atoms with Gasteiger partial charge in [-0.3, -0.25) is 0 Å². The third-order valence-corrected chi connectivity index (χ3v) is 2.95. The minimum atomic E-state index is -0.999. The van der Waals surface area contributed by atoms with E-state index in [2.05, 4.69) is 5.32 Å². The van der Waals surface area contributed by atoms with Crippen LogP contribution < -0.4 is 5.32 Å². The first-order valence-electron chi connectivity index (χ1n) is 4.55. The van der Waals surface area contributed by atoms with Crippen molar-refractivity contribution >= 4 is 45.8 Å². The van der Waals surface area contributed by atoms with Gasteiger partial charge in [-0.25, -0.2) is 4.79 Å². The van der Waals surface area contributed by atoms with E-state index in [9.17, 15) is 9.90 Å². The highest BCUT2D eigenvalue weighted by atomic mass is 127.